The Bertz CT molecular complexity index is 255. The van der Waals surface area contributed by atoms with Gasteiger partial charge in [-0.2, -0.15) is 0 Å². The summed E-state index contributed by atoms with van der Waals surface area (Å²) in [4.78, 5) is 25.7. The predicted octanol–water partition coefficient (Wildman–Crippen LogP) is 0.365. The van der Waals surface area contributed by atoms with Gasteiger partial charge in [0.25, 0.3) is 0 Å². The van der Waals surface area contributed by atoms with Crippen molar-refractivity contribution in [3.63, 3.8) is 0 Å². The van der Waals surface area contributed by atoms with E-state index in [9.17, 15) is 9.59 Å². The lowest BCUT2D eigenvalue weighted by Crippen LogP contribution is -2.41. The normalized spacial score (nSPS) is 11.0. The van der Waals surface area contributed by atoms with Crippen molar-refractivity contribution in [2.24, 2.45) is 5.41 Å². The molecular formula is C10H20N2O5. The van der Waals surface area contributed by atoms with Gasteiger partial charge in [0.05, 0.1) is 0 Å². The lowest BCUT2D eigenvalue weighted by molar-refractivity contribution is -0.144. The maximum absolute atomic E-state index is 11.2. The molecule has 17 heavy (non-hydrogen) atoms. The molecule has 0 aromatic heterocycles. The number of amides is 2. The maximum Gasteiger partial charge on any atom is 0.338 e. The molecule has 0 bridgehead atoms. The zero-order valence-electron chi connectivity index (χ0n) is 10.4. The van der Waals surface area contributed by atoms with Gasteiger partial charge in [-0.25, -0.2) is 15.1 Å². The maximum atomic E-state index is 11.2. The molecule has 0 saturated carbocycles. The summed E-state index contributed by atoms with van der Waals surface area (Å²) in [5, 5.41) is 10.9. The van der Waals surface area contributed by atoms with Crippen LogP contribution in [0.25, 0.3) is 0 Å². The first-order valence-corrected chi connectivity index (χ1v) is 5.24. The number of methoxy groups -OCH3 is 1. The van der Waals surface area contributed by atoms with E-state index in [1.54, 1.807) is 7.11 Å². The molecule has 7 heteroatoms. The van der Waals surface area contributed by atoms with Crippen LogP contribution >= 0.6 is 0 Å². The van der Waals surface area contributed by atoms with E-state index >= 15 is 0 Å². The molecule has 0 aromatic rings. The number of urea groups is 1. The van der Waals surface area contributed by atoms with Crippen LogP contribution in [0, 0.1) is 5.41 Å². The van der Waals surface area contributed by atoms with Crippen molar-refractivity contribution in [3.05, 3.63) is 0 Å². The lowest BCUT2D eigenvalue weighted by atomic mass is 9.90. The van der Waals surface area contributed by atoms with Crippen molar-refractivity contribution in [2.45, 2.75) is 20.3 Å². The van der Waals surface area contributed by atoms with E-state index in [2.05, 4.69) is 10.2 Å². The van der Waals surface area contributed by atoms with Crippen LogP contribution in [0.15, 0.2) is 0 Å². The number of carboxylic acid groups (broad SMARTS) is 1. The molecule has 2 amide bonds. The van der Waals surface area contributed by atoms with Crippen molar-refractivity contribution in [1.82, 2.24) is 10.8 Å². The van der Waals surface area contributed by atoms with E-state index in [1.165, 1.54) is 0 Å². The first kappa shape index (κ1) is 15.7. The van der Waals surface area contributed by atoms with Crippen molar-refractivity contribution in [1.29, 1.82) is 0 Å². The van der Waals surface area contributed by atoms with Gasteiger partial charge in [0.2, 0.25) is 0 Å². The minimum absolute atomic E-state index is 0.0971. The second-order valence-electron chi connectivity index (χ2n) is 4.37. The molecule has 100 valence electrons. The molecule has 0 atom stereocenters. The summed E-state index contributed by atoms with van der Waals surface area (Å²) in [6.45, 7) is 4.47. The van der Waals surface area contributed by atoms with Crippen LogP contribution in [0.2, 0.25) is 0 Å². The zero-order chi connectivity index (χ0) is 13.3. The van der Waals surface area contributed by atoms with Crippen LogP contribution in [0.5, 0.6) is 0 Å². The quantitative estimate of drug-likeness (QED) is 0.539. The summed E-state index contributed by atoms with van der Waals surface area (Å²) in [6.07, 6.45) is 0.805. The van der Waals surface area contributed by atoms with Crippen LogP contribution in [0.4, 0.5) is 4.79 Å². The number of nitrogens with one attached hydrogen (secondary N) is 2. The van der Waals surface area contributed by atoms with E-state index in [0.717, 1.165) is 6.42 Å². The summed E-state index contributed by atoms with van der Waals surface area (Å²) >= 11 is 0. The van der Waals surface area contributed by atoms with Gasteiger partial charge in [-0.1, -0.05) is 13.8 Å². The minimum Gasteiger partial charge on any atom is -0.479 e. The highest BCUT2D eigenvalue weighted by atomic mass is 16.7. The highest BCUT2D eigenvalue weighted by Crippen LogP contribution is 2.18. The Morgan fingerprint density at radius 1 is 1.35 bits per heavy atom. The minimum atomic E-state index is -1.15. The molecule has 0 saturated heterocycles. The molecule has 0 heterocycles. The van der Waals surface area contributed by atoms with Crippen LogP contribution in [0.1, 0.15) is 20.3 Å². The summed E-state index contributed by atoms with van der Waals surface area (Å²) in [7, 11) is 1.62. The third-order valence-corrected chi connectivity index (χ3v) is 2.07. The smallest absolute Gasteiger partial charge is 0.338 e. The van der Waals surface area contributed by atoms with Gasteiger partial charge in [0, 0.05) is 20.3 Å². The van der Waals surface area contributed by atoms with Crippen LogP contribution in [0.3, 0.4) is 0 Å². The van der Waals surface area contributed by atoms with Gasteiger partial charge < -0.3 is 15.2 Å². The summed E-state index contributed by atoms with van der Waals surface area (Å²) in [5.74, 6) is -1.15. The first-order chi connectivity index (χ1) is 7.87. The van der Waals surface area contributed by atoms with Gasteiger partial charge >= 0.3 is 12.0 Å². The number of ether oxygens (including phenoxy) is 1. The Balaban J connectivity index is 3.71. The van der Waals surface area contributed by atoms with Crippen molar-refractivity contribution in [2.75, 3.05) is 26.9 Å². The first-order valence-electron chi connectivity index (χ1n) is 5.24. The number of rotatable bonds is 8. The number of aliphatic carboxylic acids is 1. The summed E-state index contributed by atoms with van der Waals surface area (Å²) in [5.41, 5.74) is 1.88. The molecular weight excluding hydrogens is 228 g/mol. The molecule has 0 unspecified atom stereocenters. The van der Waals surface area contributed by atoms with Crippen molar-refractivity contribution in [3.8, 4) is 0 Å². The zero-order valence-corrected chi connectivity index (χ0v) is 10.4. The van der Waals surface area contributed by atoms with Crippen molar-refractivity contribution < 1.29 is 24.3 Å². The van der Waals surface area contributed by atoms with Crippen LogP contribution in [-0.4, -0.2) is 44.0 Å². The Morgan fingerprint density at radius 2 is 2.00 bits per heavy atom. The number of carbonyl (C=O) groups is 2. The van der Waals surface area contributed by atoms with Gasteiger partial charge in [0.15, 0.2) is 6.61 Å². The largest absolute Gasteiger partial charge is 0.479 e. The molecule has 7 nitrogen and oxygen atoms in total. The molecule has 0 fully saturated rings. The Kier molecular flexibility index (Phi) is 7.24. The number of carboxylic acids is 1. The number of hydrogen-bond acceptors (Lipinski definition) is 4. The van der Waals surface area contributed by atoms with Gasteiger partial charge in [-0.3, -0.25) is 4.84 Å². The monoisotopic (exact) mass is 248 g/mol. The Morgan fingerprint density at radius 3 is 2.53 bits per heavy atom. The SMILES string of the molecule is COCCC(C)(C)CNC(=O)NOCC(=O)O. The average molecular weight is 248 g/mol. The van der Waals surface area contributed by atoms with Gasteiger partial charge in [-0.15, -0.1) is 0 Å². The molecule has 0 radical (unpaired) electrons. The summed E-state index contributed by atoms with van der Waals surface area (Å²) in [6, 6.07) is -0.559. The highest BCUT2D eigenvalue weighted by molar-refractivity contribution is 5.73. The number of hydroxylamine groups is 1. The third kappa shape index (κ3) is 9.58. The topological polar surface area (TPSA) is 96.9 Å². The summed E-state index contributed by atoms with van der Waals surface area (Å²) < 4.78 is 4.96. The fourth-order valence-corrected chi connectivity index (χ4v) is 0.986. The molecule has 0 spiro atoms. The van der Waals surface area contributed by atoms with E-state index in [1.807, 2.05) is 19.3 Å². The number of carbonyl (C=O) groups excluding carboxylic acids is 1. The molecule has 0 aromatic carbocycles. The molecule has 0 aliphatic rings. The molecule has 3 N–H and O–H groups in total. The van der Waals surface area contributed by atoms with E-state index < -0.39 is 18.6 Å². The van der Waals surface area contributed by atoms with Crippen LogP contribution < -0.4 is 10.8 Å². The molecule has 0 aliphatic carbocycles. The second kappa shape index (κ2) is 7.86. The van der Waals surface area contributed by atoms with E-state index in [-0.39, 0.29) is 5.41 Å². The third-order valence-electron chi connectivity index (χ3n) is 2.07. The number of hydrogen-bond donors (Lipinski definition) is 3. The fraction of sp³-hybridized carbons (Fsp3) is 0.800. The Hall–Kier alpha value is -1.34. The van der Waals surface area contributed by atoms with E-state index in [4.69, 9.17) is 9.84 Å². The Labute approximate surface area is 100 Å². The predicted molar refractivity (Wildman–Crippen MR) is 60.4 cm³/mol. The fourth-order valence-electron chi connectivity index (χ4n) is 0.986. The highest BCUT2D eigenvalue weighted by Gasteiger charge is 2.18. The lowest BCUT2D eigenvalue weighted by Gasteiger charge is -2.24. The van der Waals surface area contributed by atoms with E-state index in [0.29, 0.717) is 13.2 Å². The standard InChI is InChI=1S/C10H20N2O5/c1-10(2,4-5-16-3)7-11-9(15)12-17-6-8(13)14/h4-7H2,1-3H3,(H,13,14)(H2,11,12,15). The average Bonchev–Trinajstić information content (AvgIpc) is 2.23. The second-order valence-corrected chi connectivity index (χ2v) is 4.37. The molecule has 0 aliphatic heterocycles. The van der Waals surface area contributed by atoms with Gasteiger partial charge in [0.1, 0.15) is 0 Å². The molecule has 0 rings (SSSR count). The van der Waals surface area contributed by atoms with Crippen molar-refractivity contribution >= 4 is 12.0 Å². The van der Waals surface area contributed by atoms with Crippen LogP contribution in [-0.2, 0) is 14.4 Å². The van der Waals surface area contributed by atoms with Gasteiger partial charge in [-0.05, 0) is 11.8 Å².